The lowest BCUT2D eigenvalue weighted by Gasteiger charge is -2.26. The highest BCUT2D eigenvalue weighted by Gasteiger charge is 2.34. The van der Waals surface area contributed by atoms with Gasteiger partial charge in [0.15, 0.2) is 0 Å². The van der Waals surface area contributed by atoms with E-state index in [1.165, 1.54) is 6.07 Å². The predicted molar refractivity (Wildman–Crippen MR) is 81.6 cm³/mol. The van der Waals surface area contributed by atoms with Crippen LogP contribution in [-0.4, -0.2) is 18.6 Å². The molecular weight excluding hydrogens is 277 g/mol. The Morgan fingerprint density at radius 2 is 1.71 bits per heavy atom. The van der Waals surface area contributed by atoms with Crippen molar-refractivity contribution in [3.8, 4) is 0 Å². The van der Waals surface area contributed by atoms with Crippen molar-refractivity contribution in [3.63, 3.8) is 0 Å². The maximum absolute atomic E-state index is 13.3. The zero-order chi connectivity index (χ0) is 16.4. The topological polar surface area (TPSA) is 15.3 Å². The Morgan fingerprint density at radius 1 is 1.14 bits per heavy atom. The standard InChI is InChI=1S/C16H25F3N2/c1-11(2)21(6)13-8-7-12(10-20-15(3,4)5)14(9-13)16(17,18)19/h7-9,11,20H,10H2,1-6H3. The van der Waals surface area contributed by atoms with Crippen molar-refractivity contribution in [2.24, 2.45) is 0 Å². The van der Waals surface area contributed by atoms with Crippen LogP contribution in [0.3, 0.4) is 0 Å². The molecule has 0 amide bonds. The highest BCUT2D eigenvalue weighted by molar-refractivity contribution is 5.52. The van der Waals surface area contributed by atoms with Gasteiger partial charge in [-0.3, -0.25) is 0 Å². The van der Waals surface area contributed by atoms with Crippen LogP contribution in [0.15, 0.2) is 18.2 Å². The molecule has 0 unspecified atom stereocenters. The third-order valence-electron chi connectivity index (χ3n) is 3.39. The summed E-state index contributed by atoms with van der Waals surface area (Å²) in [5.41, 5.74) is 0.0652. The number of nitrogens with one attached hydrogen (secondary N) is 1. The van der Waals surface area contributed by atoms with Gasteiger partial charge in [0.25, 0.3) is 0 Å². The normalized spacial score (nSPS) is 12.9. The summed E-state index contributed by atoms with van der Waals surface area (Å²) < 4.78 is 39.8. The summed E-state index contributed by atoms with van der Waals surface area (Å²) >= 11 is 0. The molecule has 1 rings (SSSR count). The van der Waals surface area contributed by atoms with Crippen molar-refractivity contribution in [1.82, 2.24) is 5.32 Å². The van der Waals surface area contributed by atoms with Crippen LogP contribution in [0.5, 0.6) is 0 Å². The third-order valence-corrected chi connectivity index (χ3v) is 3.39. The monoisotopic (exact) mass is 302 g/mol. The summed E-state index contributed by atoms with van der Waals surface area (Å²) in [6.07, 6.45) is -4.34. The van der Waals surface area contributed by atoms with Gasteiger partial charge in [-0.25, -0.2) is 0 Å². The number of hydrogen-bond donors (Lipinski definition) is 1. The molecule has 0 aliphatic rings. The fourth-order valence-electron chi connectivity index (χ4n) is 1.86. The van der Waals surface area contributed by atoms with Crippen LogP contribution in [0.25, 0.3) is 0 Å². The van der Waals surface area contributed by atoms with Gasteiger partial charge in [-0.05, 0) is 52.3 Å². The molecule has 5 heteroatoms. The Morgan fingerprint density at radius 3 is 2.14 bits per heavy atom. The third kappa shape index (κ3) is 5.23. The molecule has 21 heavy (non-hydrogen) atoms. The van der Waals surface area contributed by atoms with E-state index < -0.39 is 11.7 Å². The van der Waals surface area contributed by atoms with E-state index in [9.17, 15) is 13.2 Å². The summed E-state index contributed by atoms with van der Waals surface area (Å²) in [5, 5.41) is 3.11. The maximum Gasteiger partial charge on any atom is 0.416 e. The van der Waals surface area contributed by atoms with Gasteiger partial charge >= 0.3 is 6.18 Å². The zero-order valence-electron chi connectivity index (χ0n) is 13.6. The smallest absolute Gasteiger partial charge is 0.372 e. The molecule has 1 aromatic carbocycles. The molecular formula is C16H25F3N2. The number of nitrogens with zero attached hydrogens (tertiary/aromatic N) is 1. The fourth-order valence-corrected chi connectivity index (χ4v) is 1.86. The predicted octanol–water partition coefficient (Wildman–Crippen LogP) is 4.44. The average Bonchev–Trinajstić information content (AvgIpc) is 2.33. The molecule has 0 aliphatic carbocycles. The number of rotatable bonds is 4. The van der Waals surface area contributed by atoms with Gasteiger partial charge in [-0.1, -0.05) is 6.07 Å². The number of anilines is 1. The minimum Gasteiger partial charge on any atom is -0.372 e. The van der Waals surface area contributed by atoms with Gasteiger partial charge in [0.1, 0.15) is 0 Å². The number of hydrogen-bond acceptors (Lipinski definition) is 2. The molecule has 0 aliphatic heterocycles. The Kier molecular flexibility index (Phi) is 5.31. The van der Waals surface area contributed by atoms with Crippen LogP contribution in [0.1, 0.15) is 45.7 Å². The van der Waals surface area contributed by atoms with Crippen molar-refractivity contribution in [2.75, 3.05) is 11.9 Å². The van der Waals surface area contributed by atoms with Gasteiger partial charge in [0, 0.05) is 30.9 Å². The lowest BCUT2D eigenvalue weighted by Crippen LogP contribution is -2.35. The molecule has 0 saturated carbocycles. The van der Waals surface area contributed by atoms with Gasteiger partial charge in [-0.15, -0.1) is 0 Å². The summed E-state index contributed by atoms with van der Waals surface area (Å²) in [6.45, 7) is 9.89. The van der Waals surface area contributed by atoms with E-state index in [0.29, 0.717) is 5.69 Å². The summed E-state index contributed by atoms with van der Waals surface area (Å²) in [5.74, 6) is 0. The SMILES string of the molecule is CC(C)N(C)c1ccc(CNC(C)(C)C)c(C(F)(F)F)c1. The average molecular weight is 302 g/mol. The van der Waals surface area contributed by atoms with E-state index in [0.717, 1.165) is 0 Å². The second-order valence-corrected chi connectivity index (χ2v) is 6.65. The fraction of sp³-hybridized carbons (Fsp3) is 0.625. The van der Waals surface area contributed by atoms with E-state index in [-0.39, 0.29) is 23.7 Å². The molecule has 0 fully saturated rings. The van der Waals surface area contributed by atoms with Crippen molar-refractivity contribution in [1.29, 1.82) is 0 Å². The van der Waals surface area contributed by atoms with Crippen LogP contribution in [-0.2, 0) is 12.7 Å². The first-order valence-electron chi connectivity index (χ1n) is 7.10. The van der Waals surface area contributed by atoms with E-state index >= 15 is 0 Å². The van der Waals surface area contributed by atoms with Gasteiger partial charge in [0.2, 0.25) is 0 Å². The Hall–Kier alpha value is -1.23. The van der Waals surface area contributed by atoms with Crippen LogP contribution in [0.2, 0.25) is 0 Å². The number of benzene rings is 1. The number of halogens is 3. The Bertz CT molecular complexity index is 473. The van der Waals surface area contributed by atoms with E-state index in [1.807, 2.05) is 39.5 Å². The minimum atomic E-state index is -4.34. The van der Waals surface area contributed by atoms with Crippen LogP contribution >= 0.6 is 0 Å². The minimum absolute atomic E-state index is 0.143. The summed E-state index contributed by atoms with van der Waals surface area (Å²) in [4.78, 5) is 1.83. The van der Waals surface area contributed by atoms with Crippen molar-refractivity contribution < 1.29 is 13.2 Å². The largest absolute Gasteiger partial charge is 0.416 e. The highest BCUT2D eigenvalue weighted by Crippen LogP contribution is 2.35. The summed E-state index contributed by atoms with van der Waals surface area (Å²) in [6, 6.07) is 4.69. The molecule has 0 aromatic heterocycles. The second kappa shape index (κ2) is 6.26. The molecule has 0 radical (unpaired) electrons. The van der Waals surface area contributed by atoms with Crippen LogP contribution in [0, 0.1) is 0 Å². The molecule has 0 heterocycles. The molecule has 0 bridgehead atoms. The Labute approximate surface area is 125 Å². The Balaban J connectivity index is 3.15. The first-order chi connectivity index (χ1) is 9.42. The molecule has 120 valence electrons. The second-order valence-electron chi connectivity index (χ2n) is 6.65. The van der Waals surface area contributed by atoms with Gasteiger partial charge in [-0.2, -0.15) is 13.2 Å². The first kappa shape index (κ1) is 17.8. The quantitative estimate of drug-likeness (QED) is 0.884. The molecule has 0 spiro atoms. The lowest BCUT2D eigenvalue weighted by molar-refractivity contribution is -0.138. The van der Waals surface area contributed by atoms with E-state index in [1.54, 1.807) is 19.2 Å². The van der Waals surface area contributed by atoms with Crippen molar-refractivity contribution in [2.45, 2.75) is 58.9 Å². The molecule has 0 saturated heterocycles. The molecule has 2 nitrogen and oxygen atoms in total. The van der Waals surface area contributed by atoms with Crippen molar-refractivity contribution >= 4 is 5.69 Å². The van der Waals surface area contributed by atoms with E-state index in [2.05, 4.69) is 5.32 Å². The molecule has 1 aromatic rings. The molecule has 1 N–H and O–H groups in total. The van der Waals surface area contributed by atoms with E-state index in [4.69, 9.17) is 0 Å². The summed E-state index contributed by atoms with van der Waals surface area (Å²) in [7, 11) is 1.80. The van der Waals surface area contributed by atoms with Gasteiger partial charge < -0.3 is 10.2 Å². The van der Waals surface area contributed by atoms with Gasteiger partial charge in [0.05, 0.1) is 5.56 Å². The van der Waals surface area contributed by atoms with Crippen LogP contribution in [0.4, 0.5) is 18.9 Å². The first-order valence-corrected chi connectivity index (χ1v) is 7.10. The lowest BCUT2D eigenvalue weighted by atomic mass is 10.0. The molecule has 0 atom stereocenters. The van der Waals surface area contributed by atoms with Crippen molar-refractivity contribution in [3.05, 3.63) is 29.3 Å². The van der Waals surface area contributed by atoms with Crippen LogP contribution < -0.4 is 10.2 Å². The maximum atomic E-state index is 13.3. The highest BCUT2D eigenvalue weighted by atomic mass is 19.4. The number of alkyl halides is 3. The zero-order valence-corrected chi connectivity index (χ0v) is 13.6.